The summed E-state index contributed by atoms with van der Waals surface area (Å²) in [5, 5.41) is 9.63. The largest absolute Gasteiger partial charge is 0.477 e. The molecule has 0 aromatic carbocycles. The first-order valence-electron chi connectivity index (χ1n) is 23.5. The fourth-order valence-electron chi connectivity index (χ4n) is 6.47. The van der Waals surface area contributed by atoms with E-state index in [4.69, 9.17) is 14.2 Å². The second-order valence-electron chi connectivity index (χ2n) is 16.6. The first-order chi connectivity index (χ1) is 28.6. The fourth-order valence-corrected chi connectivity index (χ4v) is 6.47. The van der Waals surface area contributed by atoms with Gasteiger partial charge in [0, 0.05) is 19.3 Å². The van der Waals surface area contributed by atoms with Gasteiger partial charge in [0.15, 0.2) is 12.1 Å². The number of esters is 2. The Balaban J connectivity index is 4.41. The monoisotopic (exact) mass is 827 g/mol. The number of hydrogen-bond acceptors (Lipinski definition) is 6. The molecule has 0 saturated heterocycles. The average Bonchev–Trinajstić information content (AvgIpc) is 3.19. The van der Waals surface area contributed by atoms with Crippen LogP contribution >= 0.6 is 0 Å². The topological polar surface area (TPSA) is 99.1 Å². The third-order valence-corrected chi connectivity index (χ3v) is 10.1. The predicted octanol–water partition coefficient (Wildman–Crippen LogP) is 13.1. The van der Waals surface area contributed by atoms with Gasteiger partial charge in [0.05, 0.1) is 34.4 Å². The summed E-state index contributed by atoms with van der Waals surface area (Å²) in [4.78, 5) is 37.0. The van der Waals surface area contributed by atoms with Crippen LogP contribution in [0.4, 0.5) is 0 Å². The van der Waals surface area contributed by atoms with Crippen molar-refractivity contribution in [3.8, 4) is 0 Å². The minimum absolute atomic E-state index is 0.0340. The van der Waals surface area contributed by atoms with Crippen molar-refractivity contribution in [3.63, 3.8) is 0 Å². The highest BCUT2D eigenvalue weighted by atomic mass is 16.6. The fraction of sp³-hybridized carbons (Fsp3) is 0.706. The molecule has 0 radical (unpaired) electrons. The van der Waals surface area contributed by atoms with Crippen molar-refractivity contribution >= 4 is 17.9 Å². The normalized spacial score (nSPS) is 13.6. The molecule has 1 N–H and O–H groups in total. The predicted molar refractivity (Wildman–Crippen MR) is 247 cm³/mol. The average molecular weight is 827 g/mol. The van der Waals surface area contributed by atoms with Crippen molar-refractivity contribution in [1.82, 2.24) is 0 Å². The van der Waals surface area contributed by atoms with Gasteiger partial charge in [0.1, 0.15) is 6.61 Å². The number of ether oxygens (including phenoxy) is 3. The molecule has 0 saturated carbocycles. The molecule has 338 valence electrons. The lowest BCUT2D eigenvalue weighted by Gasteiger charge is -2.31. The van der Waals surface area contributed by atoms with Crippen molar-refractivity contribution in [2.75, 3.05) is 41.0 Å². The van der Waals surface area contributed by atoms with Gasteiger partial charge in [-0.25, -0.2) is 4.79 Å². The number of carbonyl (C=O) groups is 3. The van der Waals surface area contributed by atoms with E-state index in [1.165, 1.54) is 83.5 Å². The summed E-state index contributed by atoms with van der Waals surface area (Å²) in [7, 11) is 5.50. The van der Waals surface area contributed by atoms with E-state index in [1.807, 2.05) is 21.1 Å². The van der Waals surface area contributed by atoms with E-state index in [0.29, 0.717) is 19.3 Å². The summed E-state index contributed by atoms with van der Waals surface area (Å²) in [6.07, 6.45) is 52.4. The molecule has 0 aliphatic rings. The molecule has 8 heteroatoms. The molecule has 0 rings (SSSR count). The van der Waals surface area contributed by atoms with Gasteiger partial charge in [-0.1, -0.05) is 157 Å². The Morgan fingerprint density at radius 1 is 0.525 bits per heavy atom. The smallest absolute Gasteiger partial charge is 0.362 e. The Hall–Kier alpha value is -3.23. The number of nitrogens with zero attached hydrogens (tertiary/aromatic N) is 1. The van der Waals surface area contributed by atoms with Crippen LogP contribution in [-0.4, -0.2) is 80.6 Å². The lowest BCUT2D eigenvalue weighted by atomic mass is 10.1. The van der Waals surface area contributed by atoms with Gasteiger partial charge < -0.3 is 23.8 Å². The van der Waals surface area contributed by atoms with Crippen molar-refractivity contribution in [3.05, 3.63) is 72.9 Å². The molecule has 0 aromatic heterocycles. The van der Waals surface area contributed by atoms with E-state index in [9.17, 15) is 19.5 Å². The van der Waals surface area contributed by atoms with Crippen molar-refractivity contribution in [2.45, 2.75) is 193 Å². The first kappa shape index (κ1) is 55.8. The zero-order valence-corrected chi connectivity index (χ0v) is 38.4. The maximum absolute atomic E-state index is 12.7. The number of carboxylic acid groups (broad SMARTS) is 1. The van der Waals surface area contributed by atoms with Crippen LogP contribution in [0.1, 0.15) is 181 Å². The lowest BCUT2D eigenvalue weighted by Crippen LogP contribution is -2.50. The van der Waals surface area contributed by atoms with Crippen LogP contribution in [0.2, 0.25) is 0 Å². The van der Waals surface area contributed by atoms with Crippen LogP contribution in [0.5, 0.6) is 0 Å². The number of allylic oxidation sites excluding steroid dienone is 12. The summed E-state index contributed by atoms with van der Waals surface area (Å²) >= 11 is 0. The van der Waals surface area contributed by atoms with Crippen LogP contribution in [0.25, 0.3) is 0 Å². The highest BCUT2D eigenvalue weighted by Crippen LogP contribution is 2.13. The number of carbonyl (C=O) groups excluding carboxylic acids is 2. The lowest BCUT2D eigenvalue weighted by molar-refractivity contribution is -0.887. The van der Waals surface area contributed by atoms with Crippen molar-refractivity contribution in [2.24, 2.45) is 0 Å². The number of aliphatic carboxylic acids is 1. The number of unbranched alkanes of at least 4 members (excludes halogenated alkanes) is 15. The molecular weight excluding hydrogens is 739 g/mol. The third-order valence-electron chi connectivity index (χ3n) is 10.1. The first-order valence-corrected chi connectivity index (χ1v) is 23.5. The highest BCUT2D eigenvalue weighted by molar-refractivity contribution is 5.72. The molecule has 59 heavy (non-hydrogen) atoms. The standard InChI is InChI=1S/C51H87NO7/c1-6-8-10-12-14-16-18-20-22-24-26-27-29-31-33-35-37-39-41-49(53)58-46-47(45-57-44-43-48(51(55)56)52(3,4)5)59-50(54)42-40-38-36-34-32-30-28-25-23-21-19-17-15-13-11-9-7-2/h9,11,15,17,21-24,28,30,34,36,47-48H,6-8,10,12-14,16,18-20,25-27,29,31-33,35,37-46H2,1-5H3/p+1/b11-9-,17-15-,23-21-,24-22-,30-28-,36-34-. The van der Waals surface area contributed by atoms with Gasteiger partial charge in [-0.2, -0.15) is 0 Å². The van der Waals surface area contributed by atoms with Crippen LogP contribution in [0.15, 0.2) is 72.9 Å². The summed E-state index contributed by atoms with van der Waals surface area (Å²) in [5.74, 6) is -1.55. The summed E-state index contributed by atoms with van der Waals surface area (Å²) in [6.45, 7) is 4.55. The Kier molecular flexibility index (Phi) is 39.2. The SMILES string of the molecule is CC/C=C\C/C=C\C/C=C\C/C=C\C/C=C\CCCC(=O)OC(COCCC(C(=O)O)[N+](C)(C)C)COC(=O)CCCCCCCCC/C=C\CCCCCCCCC. The third kappa shape index (κ3) is 40.0. The Morgan fingerprint density at radius 2 is 0.966 bits per heavy atom. The quantitative estimate of drug-likeness (QED) is 0.0284. The molecule has 0 amide bonds. The number of hydrogen-bond donors (Lipinski definition) is 1. The second-order valence-corrected chi connectivity index (χ2v) is 16.6. The summed E-state index contributed by atoms with van der Waals surface area (Å²) in [5.41, 5.74) is 0. The molecule has 0 aliphatic carbocycles. The number of quaternary nitrogens is 1. The molecule has 0 bridgehead atoms. The molecule has 0 fully saturated rings. The zero-order chi connectivity index (χ0) is 43.5. The Labute approximate surface area is 361 Å². The van der Waals surface area contributed by atoms with Crippen LogP contribution in [-0.2, 0) is 28.6 Å². The van der Waals surface area contributed by atoms with E-state index < -0.39 is 18.1 Å². The van der Waals surface area contributed by atoms with Gasteiger partial charge in [-0.05, 0) is 77.0 Å². The highest BCUT2D eigenvalue weighted by Gasteiger charge is 2.31. The maximum atomic E-state index is 12.7. The van der Waals surface area contributed by atoms with Crippen LogP contribution < -0.4 is 0 Å². The molecule has 2 unspecified atom stereocenters. The minimum Gasteiger partial charge on any atom is -0.477 e. The maximum Gasteiger partial charge on any atom is 0.362 e. The van der Waals surface area contributed by atoms with Gasteiger partial charge in [0.25, 0.3) is 0 Å². The van der Waals surface area contributed by atoms with E-state index in [2.05, 4.69) is 86.8 Å². The van der Waals surface area contributed by atoms with Gasteiger partial charge in [-0.15, -0.1) is 0 Å². The Bertz CT molecular complexity index is 1190. The van der Waals surface area contributed by atoms with E-state index >= 15 is 0 Å². The van der Waals surface area contributed by atoms with E-state index in [-0.39, 0.29) is 42.7 Å². The number of carboxylic acids is 1. The summed E-state index contributed by atoms with van der Waals surface area (Å²) < 4.78 is 17.2. The molecule has 0 aliphatic heterocycles. The molecule has 2 atom stereocenters. The molecule has 0 heterocycles. The van der Waals surface area contributed by atoms with Crippen molar-refractivity contribution in [1.29, 1.82) is 0 Å². The summed E-state index contributed by atoms with van der Waals surface area (Å²) in [6, 6.07) is -0.628. The second kappa shape index (κ2) is 41.5. The van der Waals surface area contributed by atoms with Gasteiger partial charge in [0.2, 0.25) is 0 Å². The molecular formula is C51H88NO7+. The number of rotatable bonds is 41. The molecule has 0 spiro atoms. The van der Waals surface area contributed by atoms with E-state index in [0.717, 1.165) is 57.8 Å². The van der Waals surface area contributed by atoms with Crippen LogP contribution in [0, 0.1) is 0 Å². The van der Waals surface area contributed by atoms with Crippen LogP contribution in [0.3, 0.4) is 0 Å². The minimum atomic E-state index is -0.887. The zero-order valence-electron chi connectivity index (χ0n) is 38.4. The molecule has 8 nitrogen and oxygen atoms in total. The van der Waals surface area contributed by atoms with Crippen molar-refractivity contribution < 1.29 is 38.2 Å². The molecule has 0 aromatic rings. The number of likely N-dealkylation sites (N-methyl/N-ethyl adjacent to an activating group) is 1. The van der Waals surface area contributed by atoms with E-state index in [1.54, 1.807) is 0 Å². The van der Waals surface area contributed by atoms with Gasteiger partial charge >= 0.3 is 17.9 Å². The van der Waals surface area contributed by atoms with Gasteiger partial charge in [-0.3, -0.25) is 9.59 Å². The Morgan fingerprint density at radius 3 is 1.47 bits per heavy atom.